The molecular formula is C13H14N2O3. The zero-order chi connectivity index (χ0) is 13.1. The molecule has 2 rings (SSSR count). The van der Waals surface area contributed by atoms with Gasteiger partial charge in [-0.15, -0.1) is 0 Å². The van der Waals surface area contributed by atoms with Crippen LogP contribution in [0.15, 0.2) is 39.7 Å². The number of aryl methyl sites for hydroxylation is 1. The SMILES string of the molecule is Cc1ccc(C(C)NC(=O)c2ccc(=O)[nH]c2)o1. The fraction of sp³-hybridized carbons (Fsp3) is 0.231. The van der Waals surface area contributed by atoms with E-state index in [1.807, 2.05) is 26.0 Å². The third-order valence-electron chi connectivity index (χ3n) is 2.58. The third kappa shape index (κ3) is 2.68. The molecule has 18 heavy (non-hydrogen) atoms. The molecule has 5 nitrogen and oxygen atoms in total. The quantitative estimate of drug-likeness (QED) is 0.866. The summed E-state index contributed by atoms with van der Waals surface area (Å²) in [4.78, 5) is 25.2. The van der Waals surface area contributed by atoms with E-state index in [0.717, 1.165) is 5.76 Å². The van der Waals surface area contributed by atoms with Gasteiger partial charge in [0.15, 0.2) is 0 Å². The van der Waals surface area contributed by atoms with E-state index in [-0.39, 0.29) is 17.5 Å². The van der Waals surface area contributed by atoms with Crippen LogP contribution in [0, 0.1) is 6.92 Å². The van der Waals surface area contributed by atoms with E-state index in [1.165, 1.54) is 18.3 Å². The highest BCUT2D eigenvalue weighted by molar-refractivity contribution is 5.93. The minimum Gasteiger partial charge on any atom is -0.464 e. The average molecular weight is 246 g/mol. The predicted octanol–water partition coefficient (Wildman–Crippen LogP) is 1.77. The van der Waals surface area contributed by atoms with Gasteiger partial charge in [0.25, 0.3) is 5.91 Å². The number of aromatic amines is 1. The Kier molecular flexibility index (Phi) is 3.32. The van der Waals surface area contributed by atoms with Crippen molar-refractivity contribution in [3.63, 3.8) is 0 Å². The van der Waals surface area contributed by atoms with Crippen LogP contribution in [0.25, 0.3) is 0 Å². The topological polar surface area (TPSA) is 75.1 Å². The molecule has 0 saturated heterocycles. The molecule has 2 N–H and O–H groups in total. The van der Waals surface area contributed by atoms with Gasteiger partial charge >= 0.3 is 0 Å². The van der Waals surface area contributed by atoms with Gasteiger partial charge < -0.3 is 14.7 Å². The zero-order valence-electron chi connectivity index (χ0n) is 10.2. The largest absolute Gasteiger partial charge is 0.464 e. The number of hydrogen-bond acceptors (Lipinski definition) is 3. The Bertz CT molecular complexity index is 592. The number of pyridine rings is 1. The first-order chi connectivity index (χ1) is 8.56. The summed E-state index contributed by atoms with van der Waals surface area (Å²) < 4.78 is 5.43. The summed E-state index contributed by atoms with van der Waals surface area (Å²) in [6, 6.07) is 6.24. The van der Waals surface area contributed by atoms with Crippen molar-refractivity contribution in [1.82, 2.24) is 10.3 Å². The molecule has 1 atom stereocenters. The van der Waals surface area contributed by atoms with Crippen molar-refractivity contribution in [2.24, 2.45) is 0 Å². The van der Waals surface area contributed by atoms with Gasteiger partial charge in [0, 0.05) is 12.3 Å². The lowest BCUT2D eigenvalue weighted by Crippen LogP contribution is -2.27. The molecular weight excluding hydrogens is 232 g/mol. The number of rotatable bonds is 3. The van der Waals surface area contributed by atoms with Crippen molar-refractivity contribution >= 4 is 5.91 Å². The maximum absolute atomic E-state index is 11.9. The van der Waals surface area contributed by atoms with E-state index >= 15 is 0 Å². The molecule has 0 bridgehead atoms. The molecule has 0 fully saturated rings. The molecule has 0 aliphatic carbocycles. The van der Waals surface area contributed by atoms with Crippen LogP contribution < -0.4 is 10.9 Å². The van der Waals surface area contributed by atoms with Gasteiger partial charge in [-0.05, 0) is 32.0 Å². The van der Waals surface area contributed by atoms with Gasteiger partial charge in [-0.3, -0.25) is 9.59 Å². The van der Waals surface area contributed by atoms with Crippen LogP contribution in [0.1, 0.15) is 34.8 Å². The first kappa shape index (κ1) is 12.2. The minimum absolute atomic E-state index is 0.224. The lowest BCUT2D eigenvalue weighted by molar-refractivity contribution is 0.0934. The van der Waals surface area contributed by atoms with E-state index in [0.29, 0.717) is 11.3 Å². The third-order valence-corrected chi connectivity index (χ3v) is 2.58. The van der Waals surface area contributed by atoms with Crippen LogP contribution in [-0.2, 0) is 0 Å². The lowest BCUT2D eigenvalue weighted by atomic mass is 10.2. The molecule has 0 aliphatic rings. The van der Waals surface area contributed by atoms with Gasteiger partial charge in [-0.2, -0.15) is 0 Å². The van der Waals surface area contributed by atoms with E-state index in [1.54, 1.807) is 0 Å². The highest BCUT2D eigenvalue weighted by atomic mass is 16.3. The number of carbonyl (C=O) groups is 1. The van der Waals surface area contributed by atoms with Gasteiger partial charge in [0.05, 0.1) is 11.6 Å². The van der Waals surface area contributed by atoms with Gasteiger partial charge in [0.2, 0.25) is 5.56 Å². The molecule has 0 radical (unpaired) electrons. The Morgan fingerprint density at radius 2 is 2.11 bits per heavy atom. The maximum atomic E-state index is 11.9. The number of hydrogen-bond donors (Lipinski definition) is 2. The predicted molar refractivity (Wildman–Crippen MR) is 66.4 cm³/mol. The van der Waals surface area contributed by atoms with E-state index in [4.69, 9.17) is 4.42 Å². The summed E-state index contributed by atoms with van der Waals surface area (Å²) in [7, 11) is 0. The number of nitrogens with one attached hydrogen (secondary N) is 2. The molecule has 0 aromatic carbocycles. The van der Waals surface area contributed by atoms with Gasteiger partial charge in [-0.1, -0.05) is 0 Å². The molecule has 0 saturated carbocycles. The van der Waals surface area contributed by atoms with Crippen molar-refractivity contribution in [3.8, 4) is 0 Å². The van der Waals surface area contributed by atoms with Crippen molar-refractivity contribution in [3.05, 3.63) is 57.9 Å². The summed E-state index contributed by atoms with van der Waals surface area (Å²) in [5, 5.41) is 2.79. The van der Waals surface area contributed by atoms with E-state index in [9.17, 15) is 9.59 Å². The summed E-state index contributed by atoms with van der Waals surface area (Å²) in [6.45, 7) is 3.68. The molecule has 0 spiro atoms. The second kappa shape index (κ2) is 4.91. The van der Waals surface area contributed by atoms with E-state index < -0.39 is 0 Å². The van der Waals surface area contributed by atoms with E-state index in [2.05, 4.69) is 10.3 Å². The fourth-order valence-electron chi connectivity index (χ4n) is 1.59. The van der Waals surface area contributed by atoms with Crippen LogP contribution in [0.4, 0.5) is 0 Å². The molecule has 1 amide bonds. The zero-order valence-corrected chi connectivity index (χ0v) is 10.2. The van der Waals surface area contributed by atoms with Crippen molar-refractivity contribution in [1.29, 1.82) is 0 Å². The standard InChI is InChI=1S/C13H14N2O3/c1-8-3-5-11(18-8)9(2)15-13(17)10-4-6-12(16)14-7-10/h3-7,9H,1-2H3,(H,14,16)(H,15,17). The highest BCUT2D eigenvalue weighted by Crippen LogP contribution is 2.15. The number of H-pyrrole nitrogens is 1. The van der Waals surface area contributed by atoms with Crippen molar-refractivity contribution in [2.75, 3.05) is 0 Å². The summed E-state index contributed by atoms with van der Waals surface area (Å²) in [5.41, 5.74) is 0.172. The number of amides is 1. The van der Waals surface area contributed by atoms with Crippen LogP contribution in [0.3, 0.4) is 0 Å². The molecule has 5 heteroatoms. The fourth-order valence-corrected chi connectivity index (χ4v) is 1.59. The van der Waals surface area contributed by atoms with Crippen LogP contribution in [0.5, 0.6) is 0 Å². The Morgan fingerprint density at radius 1 is 1.33 bits per heavy atom. The second-order valence-corrected chi connectivity index (χ2v) is 4.09. The Hall–Kier alpha value is -2.30. The lowest BCUT2D eigenvalue weighted by Gasteiger charge is -2.11. The first-order valence-corrected chi connectivity index (χ1v) is 5.62. The van der Waals surface area contributed by atoms with Crippen LogP contribution >= 0.6 is 0 Å². The molecule has 2 aromatic rings. The van der Waals surface area contributed by atoms with Crippen molar-refractivity contribution in [2.45, 2.75) is 19.9 Å². The Morgan fingerprint density at radius 3 is 2.67 bits per heavy atom. The molecule has 0 aliphatic heterocycles. The maximum Gasteiger partial charge on any atom is 0.253 e. The minimum atomic E-state index is -0.257. The van der Waals surface area contributed by atoms with Crippen LogP contribution in [0.2, 0.25) is 0 Å². The summed E-state index contributed by atoms with van der Waals surface area (Å²) in [5.74, 6) is 1.24. The average Bonchev–Trinajstić information content (AvgIpc) is 2.76. The first-order valence-electron chi connectivity index (χ1n) is 5.62. The summed E-state index contributed by atoms with van der Waals surface area (Å²) >= 11 is 0. The highest BCUT2D eigenvalue weighted by Gasteiger charge is 2.13. The normalized spacial score (nSPS) is 12.1. The molecule has 94 valence electrons. The molecule has 2 aromatic heterocycles. The summed E-state index contributed by atoms with van der Waals surface area (Å²) in [6.07, 6.45) is 1.39. The van der Waals surface area contributed by atoms with Gasteiger partial charge in [0.1, 0.15) is 11.5 Å². The Balaban J connectivity index is 2.07. The monoisotopic (exact) mass is 246 g/mol. The Labute approximate surface area is 104 Å². The second-order valence-electron chi connectivity index (χ2n) is 4.09. The number of carbonyl (C=O) groups excluding carboxylic acids is 1. The molecule has 1 unspecified atom stereocenters. The number of aromatic nitrogens is 1. The molecule has 2 heterocycles. The van der Waals surface area contributed by atoms with Crippen molar-refractivity contribution < 1.29 is 9.21 Å². The van der Waals surface area contributed by atoms with Crippen LogP contribution in [-0.4, -0.2) is 10.9 Å². The van der Waals surface area contributed by atoms with Gasteiger partial charge in [-0.25, -0.2) is 0 Å². The smallest absolute Gasteiger partial charge is 0.253 e. The number of furan rings is 1.